The standard InChI is InChI=1S/C40H50F2N6O3/c41-40(42)19-15-31(16-20-40)37(49)45-36(30-10-2-1-3-11-30)18-26-47-27-22-44-33(29-47)17-25-46(28-32-12-6-7-21-43-32)23-8-9-24-48-38(50)34-13-4-5-14-35(34)39(48)51/h1-7,10-14,21,31,33,36,44H,8-9,15-20,22-29H2,(H,45,49)/t33-,36-/m0/s1. The lowest BCUT2D eigenvalue weighted by Gasteiger charge is -2.36. The zero-order valence-electron chi connectivity index (χ0n) is 29.3. The number of nitrogens with one attached hydrogen (secondary N) is 2. The zero-order valence-corrected chi connectivity index (χ0v) is 29.3. The van der Waals surface area contributed by atoms with Crippen molar-refractivity contribution in [3.63, 3.8) is 0 Å². The first-order valence-corrected chi connectivity index (χ1v) is 18.5. The Morgan fingerprint density at radius 3 is 2.33 bits per heavy atom. The fourth-order valence-corrected chi connectivity index (χ4v) is 7.58. The Morgan fingerprint density at radius 1 is 0.922 bits per heavy atom. The number of benzene rings is 2. The number of pyridine rings is 1. The van der Waals surface area contributed by atoms with Crippen LogP contribution in [-0.4, -0.2) is 95.2 Å². The quantitative estimate of drug-likeness (QED) is 0.146. The van der Waals surface area contributed by atoms with E-state index in [0.717, 1.165) is 82.8 Å². The highest BCUT2D eigenvalue weighted by Crippen LogP contribution is 2.36. The normalized spacial score (nSPS) is 20.1. The number of fused-ring (bicyclic) bond motifs is 1. The lowest BCUT2D eigenvalue weighted by atomic mass is 9.86. The number of hydrogen-bond donors (Lipinski definition) is 2. The molecule has 2 N–H and O–H groups in total. The number of amides is 3. The molecule has 1 aliphatic carbocycles. The van der Waals surface area contributed by atoms with Crippen LogP contribution in [-0.2, 0) is 11.3 Å². The summed E-state index contributed by atoms with van der Waals surface area (Å²) in [5, 5.41) is 6.91. The van der Waals surface area contributed by atoms with Gasteiger partial charge in [-0.1, -0.05) is 48.5 Å². The lowest BCUT2D eigenvalue weighted by molar-refractivity contribution is -0.130. The second-order valence-corrected chi connectivity index (χ2v) is 14.2. The summed E-state index contributed by atoms with van der Waals surface area (Å²) in [7, 11) is 0. The number of nitrogens with zero attached hydrogens (tertiary/aromatic N) is 4. The highest BCUT2D eigenvalue weighted by atomic mass is 19.3. The summed E-state index contributed by atoms with van der Waals surface area (Å²) in [6.45, 7) is 6.33. The second kappa shape index (κ2) is 17.4. The van der Waals surface area contributed by atoms with Crippen LogP contribution in [0.5, 0.6) is 0 Å². The van der Waals surface area contributed by atoms with Crippen molar-refractivity contribution in [2.24, 2.45) is 5.92 Å². The molecule has 9 nitrogen and oxygen atoms in total. The van der Waals surface area contributed by atoms with Crippen molar-refractivity contribution < 1.29 is 23.2 Å². The Morgan fingerprint density at radius 2 is 1.63 bits per heavy atom. The second-order valence-electron chi connectivity index (χ2n) is 14.2. The van der Waals surface area contributed by atoms with E-state index < -0.39 is 5.92 Å². The molecular formula is C40H50F2N6O3. The van der Waals surface area contributed by atoms with E-state index in [4.69, 9.17) is 0 Å². The Kier molecular flexibility index (Phi) is 12.6. The minimum Gasteiger partial charge on any atom is -0.349 e. The summed E-state index contributed by atoms with van der Waals surface area (Å²) in [5.74, 6) is -3.55. The van der Waals surface area contributed by atoms with Crippen LogP contribution in [0.1, 0.15) is 89.4 Å². The summed E-state index contributed by atoms with van der Waals surface area (Å²) in [6, 6.07) is 23.0. The van der Waals surface area contributed by atoms with Gasteiger partial charge < -0.3 is 15.5 Å². The van der Waals surface area contributed by atoms with Crippen LogP contribution in [0.4, 0.5) is 8.78 Å². The number of alkyl halides is 2. The summed E-state index contributed by atoms with van der Waals surface area (Å²) in [5.41, 5.74) is 3.02. The molecule has 3 aliphatic rings. The number of hydrogen-bond acceptors (Lipinski definition) is 7. The van der Waals surface area contributed by atoms with Crippen molar-refractivity contribution >= 4 is 17.7 Å². The lowest BCUT2D eigenvalue weighted by Crippen LogP contribution is -2.52. The molecule has 51 heavy (non-hydrogen) atoms. The molecule has 6 rings (SSSR count). The molecule has 11 heteroatoms. The number of carbonyl (C=O) groups excluding carboxylic acids is 3. The molecule has 3 heterocycles. The molecule has 272 valence electrons. The van der Waals surface area contributed by atoms with Gasteiger partial charge in [-0.15, -0.1) is 0 Å². The van der Waals surface area contributed by atoms with E-state index in [1.54, 1.807) is 24.3 Å². The molecular weight excluding hydrogens is 650 g/mol. The molecule has 1 aromatic heterocycles. The molecule has 0 bridgehead atoms. The molecule has 0 spiro atoms. The third kappa shape index (κ3) is 10.1. The third-order valence-electron chi connectivity index (χ3n) is 10.6. The summed E-state index contributed by atoms with van der Waals surface area (Å²) >= 11 is 0. The van der Waals surface area contributed by atoms with Crippen LogP contribution in [0.2, 0.25) is 0 Å². The number of imide groups is 1. The Balaban J connectivity index is 0.990. The van der Waals surface area contributed by atoms with Crippen LogP contribution >= 0.6 is 0 Å². The highest BCUT2D eigenvalue weighted by Gasteiger charge is 2.38. The van der Waals surface area contributed by atoms with Gasteiger partial charge in [-0.2, -0.15) is 0 Å². The van der Waals surface area contributed by atoms with Crippen LogP contribution in [0.25, 0.3) is 0 Å². The first-order valence-electron chi connectivity index (χ1n) is 18.5. The van der Waals surface area contributed by atoms with Gasteiger partial charge in [0.25, 0.3) is 11.8 Å². The summed E-state index contributed by atoms with van der Waals surface area (Å²) in [4.78, 5) is 49.6. The zero-order chi connectivity index (χ0) is 35.6. The SMILES string of the molecule is O=C(N[C@@H](CCN1CCN[C@@H](CCN(CCCCN2C(=O)c3ccccc3C2=O)Cc2ccccn2)C1)c1ccccc1)C1CCC(F)(F)CC1. The van der Waals surface area contributed by atoms with Crippen LogP contribution < -0.4 is 10.6 Å². The molecule has 3 amide bonds. The highest BCUT2D eigenvalue weighted by molar-refractivity contribution is 6.21. The molecule has 0 radical (unpaired) electrons. The fourth-order valence-electron chi connectivity index (χ4n) is 7.58. The Labute approximate surface area is 299 Å². The van der Waals surface area contributed by atoms with E-state index in [0.29, 0.717) is 23.7 Å². The molecule has 1 saturated carbocycles. The van der Waals surface area contributed by atoms with E-state index in [-0.39, 0.29) is 55.4 Å². The maximum Gasteiger partial charge on any atom is 0.261 e. The van der Waals surface area contributed by atoms with Crippen molar-refractivity contribution in [2.45, 2.75) is 75.9 Å². The van der Waals surface area contributed by atoms with E-state index in [1.165, 1.54) is 4.90 Å². The minimum absolute atomic E-state index is 0.116. The van der Waals surface area contributed by atoms with Gasteiger partial charge in [-0.3, -0.25) is 29.2 Å². The average Bonchev–Trinajstić information content (AvgIpc) is 3.39. The summed E-state index contributed by atoms with van der Waals surface area (Å²) in [6.07, 6.45) is 5.09. The van der Waals surface area contributed by atoms with Crippen molar-refractivity contribution in [1.29, 1.82) is 0 Å². The Bertz CT molecular complexity index is 1560. The minimum atomic E-state index is -2.66. The van der Waals surface area contributed by atoms with Gasteiger partial charge in [0, 0.05) is 76.8 Å². The average molecular weight is 701 g/mol. The van der Waals surface area contributed by atoms with E-state index >= 15 is 0 Å². The first kappa shape index (κ1) is 36.7. The number of piperazine rings is 1. The number of carbonyl (C=O) groups is 3. The van der Waals surface area contributed by atoms with Gasteiger partial charge in [-0.05, 0) is 74.9 Å². The largest absolute Gasteiger partial charge is 0.349 e. The monoisotopic (exact) mass is 700 g/mol. The number of halogens is 2. The maximum absolute atomic E-state index is 13.7. The van der Waals surface area contributed by atoms with Crippen molar-refractivity contribution in [3.05, 3.63) is 101 Å². The molecule has 1 saturated heterocycles. The smallest absolute Gasteiger partial charge is 0.261 e. The van der Waals surface area contributed by atoms with Gasteiger partial charge in [0.2, 0.25) is 11.8 Å². The third-order valence-corrected chi connectivity index (χ3v) is 10.6. The first-order chi connectivity index (χ1) is 24.8. The Hall–Kier alpha value is -4.06. The van der Waals surface area contributed by atoms with Crippen LogP contribution in [0.15, 0.2) is 79.0 Å². The van der Waals surface area contributed by atoms with Gasteiger partial charge in [-0.25, -0.2) is 8.78 Å². The van der Waals surface area contributed by atoms with Crippen molar-refractivity contribution in [3.8, 4) is 0 Å². The molecule has 3 aromatic rings. The van der Waals surface area contributed by atoms with E-state index in [9.17, 15) is 23.2 Å². The van der Waals surface area contributed by atoms with Crippen molar-refractivity contribution in [1.82, 2.24) is 30.3 Å². The van der Waals surface area contributed by atoms with Crippen LogP contribution in [0, 0.1) is 5.92 Å². The number of rotatable bonds is 16. The van der Waals surface area contributed by atoms with Gasteiger partial charge in [0.15, 0.2) is 0 Å². The molecule has 2 fully saturated rings. The van der Waals surface area contributed by atoms with Crippen molar-refractivity contribution in [2.75, 3.05) is 45.8 Å². The van der Waals surface area contributed by atoms with Gasteiger partial charge in [0.1, 0.15) is 0 Å². The number of aromatic nitrogens is 1. The van der Waals surface area contributed by atoms with Gasteiger partial charge in [0.05, 0.1) is 22.9 Å². The van der Waals surface area contributed by atoms with E-state index in [2.05, 4.69) is 25.4 Å². The predicted octanol–water partition coefficient (Wildman–Crippen LogP) is 5.70. The molecule has 2 aliphatic heterocycles. The number of unbranched alkanes of at least 4 members (excludes halogenated alkanes) is 1. The van der Waals surface area contributed by atoms with E-state index in [1.807, 2.05) is 54.7 Å². The molecule has 2 atom stereocenters. The fraction of sp³-hybridized carbons (Fsp3) is 0.500. The topological polar surface area (TPSA) is 97.9 Å². The maximum atomic E-state index is 13.7. The van der Waals surface area contributed by atoms with Gasteiger partial charge >= 0.3 is 0 Å². The summed E-state index contributed by atoms with van der Waals surface area (Å²) < 4.78 is 27.5. The molecule has 0 unspecified atom stereocenters. The van der Waals surface area contributed by atoms with Crippen LogP contribution in [0.3, 0.4) is 0 Å². The predicted molar refractivity (Wildman–Crippen MR) is 192 cm³/mol. The molecule has 2 aromatic carbocycles.